The van der Waals surface area contributed by atoms with Crippen LogP contribution in [0.4, 0.5) is 0 Å². The highest BCUT2D eigenvalue weighted by Gasteiger charge is 2.19. The molecule has 0 fully saturated rings. The Morgan fingerprint density at radius 2 is 1.58 bits per heavy atom. The number of rotatable bonds is 4. The van der Waals surface area contributed by atoms with Gasteiger partial charge in [-0.15, -0.1) is 0 Å². The monoisotopic (exact) mass is 342 g/mol. The smallest absolute Gasteiger partial charge is 0.273 e. The molecule has 100 valence electrons. The van der Waals surface area contributed by atoms with Crippen molar-refractivity contribution >= 4 is 26.2 Å². The van der Waals surface area contributed by atoms with Crippen LogP contribution in [0.5, 0.6) is 0 Å². The average Bonchev–Trinajstić information content (AvgIpc) is 2.37. The molecule has 0 bridgehead atoms. The molecule has 2 rings (SSSR count). The molecule has 0 saturated heterocycles. The molecule has 0 spiro atoms. The summed E-state index contributed by atoms with van der Waals surface area (Å²) in [5, 5.41) is 0. The molecule has 0 amide bonds. The van der Waals surface area contributed by atoms with Crippen LogP contribution in [-0.2, 0) is 10.3 Å². The van der Waals surface area contributed by atoms with Crippen LogP contribution in [0.15, 0.2) is 53.3 Å². The molecular weight excluding hydrogens is 332 g/mol. The molecule has 2 aromatic rings. The van der Waals surface area contributed by atoms with E-state index in [1.165, 1.54) is 0 Å². The summed E-state index contributed by atoms with van der Waals surface area (Å²) >= 11 is 3.31. The number of halogens is 1. The van der Waals surface area contributed by atoms with Gasteiger partial charge in [-0.3, -0.25) is 9.54 Å². The molecule has 0 radical (unpaired) electrons. The predicted molar refractivity (Wildman–Crippen MR) is 74.9 cm³/mol. The zero-order chi connectivity index (χ0) is 13.9. The van der Waals surface area contributed by atoms with E-state index in [4.69, 9.17) is 4.55 Å². The van der Waals surface area contributed by atoms with Crippen molar-refractivity contribution in [2.24, 2.45) is 0 Å². The lowest BCUT2D eigenvalue weighted by molar-refractivity contribution is 0.461. The zero-order valence-corrected chi connectivity index (χ0v) is 12.1. The Labute approximate surface area is 119 Å². The van der Waals surface area contributed by atoms with Crippen LogP contribution < -0.4 is 4.72 Å². The van der Waals surface area contributed by atoms with Gasteiger partial charge in [-0.05, 0) is 35.4 Å². The van der Waals surface area contributed by atoms with E-state index in [1.54, 1.807) is 48.8 Å². The van der Waals surface area contributed by atoms with Crippen LogP contribution >= 0.6 is 15.9 Å². The van der Waals surface area contributed by atoms with Crippen LogP contribution in [0, 0.1) is 0 Å². The molecular formula is C12H11BrN2O3S. The van der Waals surface area contributed by atoms with Gasteiger partial charge in [-0.25, -0.2) is 0 Å². The second kappa shape index (κ2) is 5.79. The molecule has 7 heteroatoms. The molecule has 0 aliphatic rings. The number of nitrogens with one attached hydrogen (secondary N) is 1. The van der Waals surface area contributed by atoms with Crippen LogP contribution in [0.25, 0.3) is 0 Å². The van der Waals surface area contributed by atoms with Crippen LogP contribution in [0.2, 0.25) is 0 Å². The summed E-state index contributed by atoms with van der Waals surface area (Å²) in [6.07, 6.45) is 3.12. The average molecular weight is 343 g/mol. The van der Waals surface area contributed by atoms with E-state index in [0.717, 1.165) is 4.47 Å². The summed E-state index contributed by atoms with van der Waals surface area (Å²) in [4.78, 5) is 3.88. The largest absolute Gasteiger partial charge is 0.334 e. The number of benzene rings is 1. The number of aromatic nitrogens is 1. The third-order valence-corrected chi connectivity index (χ3v) is 3.57. The Bertz CT molecular complexity index is 644. The van der Waals surface area contributed by atoms with Crippen molar-refractivity contribution in [3.05, 3.63) is 64.4 Å². The molecule has 5 nitrogen and oxygen atoms in total. The van der Waals surface area contributed by atoms with Crippen LogP contribution in [0.3, 0.4) is 0 Å². The maximum atomic E-state index is 11.1. The molecule has 1 heterocycles. The Morgan fingerprint density at radius 1 is 1.05 bits per heavy atom. The highest BCUT2D eigenvalue weighted by atomic mass is 79.9. The van der Waals surface area contributed by atoms with E-state index in [9.17, 15) is 8.42 Å². The summed E-state index contributed by atoms with van der Waals surface area (Å²) in [6, 6.07) is 9.85. The molecule has 1 unspecified atom stereocenters. The van der Waals surface area contributed by atoms with Gasteiger partial charge >= 0.3 is 10.3 Å². The maximum Gasteiger partial charge on any atom is 0.334 e. The summed E-state index contributed by atoms with van der Waals surface area (Å²) < 4.78 is 34.2. The van der Waals surface area contributed by atoms with Gasteiger partial charge in [0.15, 0.2) is 0 Å². The standard InChI is InChI=1S/C12H11BrN2O3S/c13-11-3-1-9(2-4-11)12(15-19(16,17)18)10-5-7-14-8-6-10/h1-8,12,15H,(H,16,17,18). The Morgan fingerprint density at radius 3 is 2.11 bits per heavy atom. The minimum atomic E-state index is -4.31. The number of hydrogen-bond acceptors (Lipinski definition) is 3. The third kappa shape index (κ3) is 4.10. The van der Waals surface area contributed by atoms with Crippen molar-refractivity contribution in [3.63, 3.8) is 0 Å². The van der Waals surface area contributed by atoms with Gasteiger partial charge in [-0.1, -0.05) is 28.1 Å². The highest BCUT2D eigenvalue weighted by Crippen LogP contribution is 2.23. The van der Waals surface area contributed by atoms with Crippen molar-refractivity contribution in [1.82, 2.24) is 9.71 Å². The zero-order valence-electron chi connectivity index (χ0n) is 9.69. The fraction of sp³-hybridized carbons (Fsp3) is 0.0833. The number of pyridine rings is 1. The second-order valence-corrected chi connectivity index (χ2v) is 5.96. The fourth-order valence-electron chi connectivity index (χ4n) is 1.69. The SMILES string of the molecule is O=S(=O)(O)NC(c1ccncc1)c1ccc(Br)cc1. The molecule has 0 aliphatic heterocycles. The third-order valence-electron chi connectivity index (χ3n) is 2.51. The van der Waals surface area contributed by atoms with Crippen molar-refractivity contribution < 1.29 is 13.0 Å². The first-order valence-corrected chi connectivity index (χ1v) is 7.59. The molecule has 0 aliphatic carbocycles. The van der Waals surface area contributed by atoms with E-state index in [1.807, 2.05) is 0 Å². The van der Waals surface area contributed by atoms with Crippen molar-refractivity contribution in [1.29, 1.82) is 0 Å². The van der Waals surface area contributed by atoms with E-state index in [0.29, 0.717) is 11.1 Å². The van der Waals surface area contributed by atoms with E-state index < -0.39 is 16.3 Å². The fourth-order valence-corrected chi connectivity index (χ4v) is 2.52. The van der Waals surface area contributed by atoms with E-state index in [-0.39, 0.29) is 0 Å². The number of nitrogens with zero attached hydrogens (tertiary/aromatic N) is 1. The summed E-state index contributed by atoms with van der Waals surface area (Å²) in [5.74, 6) is 0. The summed E-state index contributed by atoms with van der Waals surface area (Å²) in [6.45, 7) is 0. The quantitative estimate of drug-likeness (QED) is 0.835. The van der Waals surface area contributed by atoms with Crippen LogP contribution in [0.1, 0.15) is 17.2 Å². The molecule has 1 atom stereocenters. The van der Waals surface area contributed by atoms with E-state index >= 15 is 0 Å². The lowest BCUT2D eigenvalue weighted by Gasteiger charge is -2.17. The second-order valence-electron chi connectivity index (χ2n) is 3.86. The summed E-state index contributed by atoms with van der Waals surface area (Å²) in [5.41, 5.74) is 1.40. The first-order valence-electron chi connectivity index (χ1n) is 5.36. The maximum absolute atomic E-state index is 11.1. The van der Waals surface area contributed by atoms with Crippen molar-refractivity contribution in [2.45, 2.75) is 6.04 Å². The predicted octanol–water partition coefficient (Wildman–Crippen LogP) is 2.33. The molecule has 0 saturated carbocycles. The first-order chi connectivity index (χ1) is 8.96. The number of hydrogen-bond donors (Lipinski definition) is 2. The van der Waals surface area contributed by atoms with Crippen molar-refractivity contribution in [3.8, 4) is 0 Å². The van der Waals surface area contributed by atoms with Gasteiger partial charge < -0.3 is 0 Å². The normalized spacial score (nSPS) is 13.2. The topological polar surface area (TPSA) is 79.3 Å². The van der Waals surface area contributed by atoms with Crippen molar-refractivity contribution in [2.75, 3.05) is 0 Å². The van der Waals surface area contributed by atoms with Gasteiger partial charge in [-0.2, -0.15) is 13.1 Å². The van der Waals surface area contributed by atoms with Gasteiger partial charge in [0.1, 0.15) is 0 Å². The molecule has 2 N–H and O–H groups in total. The Balaban J connectivity index is 2.43. The Kier molecular flexibility index (Phi) is 4.31. The minimum Gasteiger partial charge on any atom is -0.273 e. The Hall–Kier alpha value is -1.28. The van der Waals surface area contributed by atoms with Gasteiger partial charge in [0.05, 0.1) is 6.04 Å². The van der Waals surface area contributed by atoms with Gasteiger partial charge in [0, 0.05) is 16.9 Å². The molecule has 1 aromatic heterocycles. The first kappa shape index (κ1) is 14.1. The van der Waals surface area contributed by atoms with Gasteiger partial charge in [0.2, 0.25) is 0 Å². The lowest BCUT2D eigenvalue weighted by atomic mass is 10.0. The molecule has 19 heavy (non-hydrogen) atoms. The molecule has 1 aromatic carbocycles. The van der Waals surface area contributed by atoms with Crippen LogP contribution in [-0.4, -0.2) is 18.0 Å². The van der Waals surface area contributed by atoms with Gasteiger partial charge in [0.25, 0.3) is 0 Å². The highest BCUT2D eigenvalue weighted by molar-refractivity contribution is 9.10. The van der Waals surface area contributed by atoms with E-state index in [2.05, 4.69) is 25.6 Å². The lowest BCUT2D eigenvalue weighted by Crippen LogP contribution is -2.28. The minimum absolute atomic E-state index is 0.661. The summed E-state index contributed by atoms with van der Waals surface area (Å²) in [7, 11) is -4.31.